The van der Waals surface area contributed by atoms with Crippen molar-refractivity contribution in [2.75, 3.05) is 19.7 Å². The van der Waals surface area contributed by atoms with Crippen LogP contribution in [0.4, 0.5) is 13.2 Å². The van der Waals surface area contributed by atoms with Crippen molar-refractivity contribution >= 4 is 15.9 Å². The summed E-state index contributed by atoms with van der Waals surface area (Å²) in [5.41, 5.74) is 0.752. The van der Waals surface area contributed by atoms with E-state index in [1.807, 2.05) is 13.8 Å². The fourth-order valence-corrected chi connectivity index (χ4v) is 2.07. The largest absolute Gasteiger partial charge is 0.484 e. The number of halogens is 4. The third-order valence-electron chi connectivity index (χ3n) is 2.70. The monoisotopic (exact) mass is 339 g/mol. The van der Waals surface area contributed by atoms with Crippen molar-refractivity contribution in [3.63, 3.8) is 0 Å². The standard InChI is InChI=1S/C13H17BrF3NO/c1-3-18(4-2)8-10-7-11(14)5-6-12(10)19-9-13(15,16)17/h5-7H,3-4,8-9H2,1-2H3. The van der Waals surface area contributed by atoms with E-state index in [2.05, 4.69) is 20.8 Å². The van der Waals surface area contributed by atoms with E-state index in [-0.39, 0.29) is 5.75 Å². The van der Waals surface area contributed by atoms with Gasteiger partial charge in [-0.05, 0) is 31.3 Å². The maximum absolute atomic E-state index is 12.2. The minimum absolute atomic E-state index is 0.285. The van der Waals surface area contributed by atoms with Crippen LogP contribution in [0, 0.1) is 0 Å². The van der Waals surface area contributed by atoms with E-state index in [4.69, 9.17) is 4.74 Å². The first-order valence-electron chi connectivity index (χ1n) is 6.06. The zero-order valence-electron chi connectivity index (χ0n) is 10.9. The van der Waals surface area contributed by atoms with Crippen LogP contribution in [0.5, 0.6) is 5.75 Å². The molecule has 0 N–H and O–H groups in total. The number of ether oxygens (including phenoxy) is 1. The molecule has 0 atom stereocenters. The Morgan fingerprint density at radius 1 is 1.21 bits per heavy atom. The summed E-state index contributed by atoms with van der Waals surface area (Å²) in [6.45, 7) is 5.00. The quantitative estimate of drug-likeness (QED) is 0.768. The maximum atomic E-state index is 12.2. The minimum Gasteiger partial charge on any atom is -0.484 e. The molecule has 0 aliphatic carbocycles. The van der Waals surface area contributed by atoms with Crippen molar-refractivity contribution in [3.05, 3.63) is 28.2 Å². The van der Waals surface area contributed by atoms with Gasteiger partial charge in [-0.3, -0.25) is 4.90 Å². The molecule has 2 nitrogen and oxygen atoms in total. The summed E-state index contributed by atoms with van der Waals surface area (Å²) in [4.78, 5) is 2.11. The van der Waals surface area contributed by atoms with Crippen molar-refractivity contribution < 1.29 is 17.9 Å². The SMILES string of the molecule is CCN(CC)Cc1cc(Br)ccc1OCC(F)(F)F. The van der Waals surface area contributed by atoms with Gasteiger partial charge in [0.25, 0.3) is 0 Å². The summed E-state index contributed by atoms with van der Waals surface area (Å²) in [5.74, 6) is 0.285. The van der Waals surface area contributed by atoms with Gasteiger partial charge in [0.15, 0.2) is 6.61 Å². The molecule has 0 saturated carbocycles. The first-order valence-corrected chi connectivity index (χ1v) is 6.85. The van der Waals surface area contributed by atoms with Gasteiger partial charge in [-0.1, -0.05) is 29.8 Å². The van der Waals surface area contributed by atoms with Crippen LogP contribution in [-0.2, 0) is 6.54 Å². The van der Waals surface area contributed by atoms with E-state index < -0.39 is 12.8 Å². The normalized spacial score (nSPS) is 11.9. The number of benzene rings is 1. The summed E-state index contributed by atoms with van der Waals surface area (Å²) < 4.78 is 42.3. The van der Waals surface area contributed by atoms with Gasteiger partial charge in [0.1, 0.15) is 5.75 Å². The smallest absolute Gasteiger partial charge is 0.422 e. The summed E-state index contributed by atoms with van der Waals surface area (Å²) in [6.07, 6.45) is -4.32. The van der Waals surface area contributed by atoms with E-state index >= 15 is 0 Å². The minimum atomic E-state index is -4.32. The fourth-order valence-electron chi connectivity index (χ4n) is 1.66. The number of hydrogen-bond acceptors (Lipinski definition) is 2. The van der Waals surface area contributed by atoms with E-state index in [0.29, 0.717) is 6.54 Å². The molecule has 0 fully saturated rings. The van der Waals surface area contributed by atoms with Crippen LogP contribution in [0.3, 0.4) is 0 Å². The highest BCUT2D eigenvalue weighted by Crippen LogP contribution is 2.26. The molecule has 108 valence electrons. The summed E-state index contributed by atoms with van der Waals surface area (Å²) in [5, 5.41) is 0. The Bertz CT molecular complexity index is 405. The van der Waals surface area contributed by atoms with Crippen LogP contribution in [0.25, 0.3) is 0 Å². The third-order valence-corrected chi connectivity index (χ3v) is 3.20. The molecule has 0 bridgehead atoms. The Hall–Kier alpha value is -0.750. The lowest BCUT2D eigenvalue weighted by Crippen LogP contribution is -2.24. The van der Waals surface area contributed by atoms with Crippen molar-refractivity contribution in [2.45, 2.75) is 26.6 Å². The lowest BCUT2D eigenvalue weighted by atomic mass is 10.2. The Morgan fingerprint density at radius 2 is 1.84 bits per heavy atom. The molecule has 6 heteroatoms. The van der Waals surface area contributed by atoms with Gasteiger partial charge in [-0.2, -0.15) is 13.2 Å². The van der Waals surface area contributed by atoms with E-state index in [1.165, 1.54) is 0 Å². The number of nitrogens with zero attached hydrogens (tertiary/aromatic N) is 1. The molecule has 0 amide bonds. The third kappa shape index (κ3) is 5.82. The molecule has 0 aliphatic rings. The van der Waals surface area contributed by atoms with Crippen molar-refractivity contribution in [3.8, 4) is 5.75 Å². The Labute approximate surface area is 119 Å². The first kappa shape index (κ1) is 16.3. The van der Waals surface area contributed by atoms with Crippen LogP contribution in [-0.4, -0.2) is 30.8 Å². The molecule has 0 aromatic heterocycles. The average Bonchev–Trinajstić information content (AvgIpc) is 2.33. The van der Waals surface area contributed by atoms with Crippen LogP contribution in [0.15, 0.2) is 22.7 Å². The second kappa shape index (κ2) is 7.14. The Morgan fingerprint density at radius 3 is 2.37 bits per heavy atom. The summed E-state index contributed by atoms with van der Waals surface area (Å²) in [6, 6.07) is 5.04. The summed E-state index contributed by atoms with van der Waals surface area (Å²) >= 11 is 3.32. The van der Waals surface area contributed by atoms with Gasteiger partial charge < -0.3 is 4.74 Å². The average molecular weight is 340 g/mol. The fraction of sp³-hybridized carbons (Fsp3) is 0.538. The predicted octanol–water partition coefficient (Wildman–Crippen LogP) is 4.23. The zero-order valence-corrected chi connectivity index (χ0v) is 12.5. The van der Waals surface area contributed by atoms with Gasteiger partial charge >= 0.3 is 6.18 Å². The second-order valence-corrected chi connectivity index (χ2v) is 5.03. The van der Waals surface area contributed by atoms with Gasteiger partial charge in [-0.25, -0.2) is 0 Å². The van der Waals surface area contributed by atoms with Crippen LogP contribution in [0.1, 0.15) is 19.4 Å². The molecule has 1 aromatic carbocycles. The molecular formula is C13H17BrF3NO. The molecular weight excluding hydrogens is 323 g/mol. The molecule has 0 spiro atoms. The van der Waals surface area contributed by atoms with Gasteiger partial charge in [0, 0.05) is 16.6 Å². The Balaban J connectivity index is 2.85. The topological polar surface area (TPSA) is 12.5 Å². The number of rotatable bonds is 6. The molecule has 0 radical (unpaired) electrons. The lowest BCUT2D eigenvalue weighted by molar-refractivity contribution is -0.153. The first-order chi connectivity index (χ1) is 8.85. The summed E-state index contributed by atoms with van der Waals surface area (Å²) in [7, 11) is 0. The highest BCUT2D eigenvalue weighted by Gasteiger charge is 2.28. The van der Waals surface area contributed by atoms with Gasteiger partial charge in [0.2, 0.25) is 0 Å². The van der Waals surface area contributed by atoms with Crippen molar-refractivity contribution in [2.24, 2.45) is 0 Å². The van der Waals surface area contributed by atoms with Crippen LogP contribution >= 0.6 is 15.9 Å². The molecule has 0 saturated heterocycles. The Kier molecular flexibility index (Phi) is 6.13. The van der Waals surface area contributed by atoms with E-state index in [9.17, 15) is 13.2 Å². The van der Waals surface area contributed by atoms with Crippen molar-refractivity contribution in [1.82, 2.24) is 4.90 Å². The molecule has 0 heterocycles. The van der Waals surface area contributed by atoms with Crippen molar-refractivity contribution in [1.29, 1.82) is 0 Å². The van der Waals surface area contributed by atoms with Gasteiger partial charge in [-0.15, -0.1) is 0 Å². The highest BCUT2D eigenvalue weighted by molar-refractivity contribution is 9.10. The molecule has 1 aromatic rings. The molecule has 0 unspecified atom stereocenters. The number of hydrogen-bond donors (Lipinski definition) is 0. The molecule has 19 heavy (non-hydrogen) atoms. The number of alkyl halides is 3. The van der Waals surface area contributed by atoms with E-state index in [0.717, 1.165) is 23.1 Å². The van der Waals surface area contributed by atoms with Gasteiger partial charge in [0.05, 0.1) is 0 Å². The van der Waals surface area contributed by atoms with Crippen LogP contribution in [0.2, 0.25) is 0 Å². The molecule has 1 rings (SSSR count). The maximum Gasteiger partial charge on any atom is 0.422 e. The van der Waals surface area contributed by atoms with E-state index in [1.54, 1.807) is 18.2 Å². The second-order valence-electron chi connectivity index (χ2n) is 4.12. The van der Waals surface area contributed by atoms with Crippen LogP contribution < -0.4 is 4.74 Å². The lowest BCUT2D eigenvalue weighted by Gasteiger charge is -2.20. The highest BCUT2D eigenvalue weighted by atomic mass is 79.9. The predicted molar refractivity (Wildman–Crippen MR) is 72.3 cm³/mol. The molecule has 0 aliphatic heterocycles. The zero-order chi connectivity index (χ0) is 14.5.